The van der Waals surface area contributed by atoms with Crippen molar-refractivity contribution < 1.29 is 9.59 Å². The summed E-state index contributed by atoms with van der Waals surface area (Å²) in [7, 11) is 0. The van der Waals surface area contributed by atoms with Crippen molar-refractivity contribution in [2.24, 2.45) is 23.3 Å². The van der Waals surface area contributed by atoms with Crippen molar-refractivity contribution in [1.29, 1.82) is 0 Å². The molecule has 10 nitrogen and oxygen atoms in total. The van der Waals surface area contributed by atoms with E-state index >= 15 is 0 Å². The van der Waals surface area contributed by atoms with Gasteiger partial charge in [0.1, 0.15) is 12.0 Å². The first-order chi connectivity index (χ1) is 29.0. The summed E-state index contributed by atoms with van der Waals surface area (Å²) in [5, 5.41) is 7.45. The van der Waals surface area contributed by atoms with Crippen LogP contribution >= 0.6 is 0 Å². The number of carbonyl (C=O) groups excluding carboxylic acids is 2. The summed E-state index contributed by atoms with van der Waals surface area (Å²) in [5.41, 5.74) is 28.9. The fourth-order valence-electron chi connectivity index (χ4n) is 12.1. The van der Waals surface area contributed by atoms with E-state index in [-0.39, 0.29) is 47.3 Å². The Balaban J connectivity index is 0.962. The molecular weight excluding hydrogens is 745 g/mol. The Morgan fingerprint density at radius 3 is 2.13 bits per heavy atom. The minimum Gasteiger partial charge on any atom is -0.368 e. The number of hydrogen-bond acceptors (Lipinski definition) is 7. The van der Waals surface area contributed by atoms with Crippen LogP contribution in [0.1, 0.15) is 132 Å². The molecule has 10 rings (SSSR count). The number of likely N-dealkylation sites (tertiary alicyclic amines) is 2. The first-order valence-corrected chi connectivity index (χ1v) is 23.2. The third kappa shape index (κ3) is 6.46. The number of hydrogen-bond donors (Lipinski definition) is 5. The highest BCUT2D eigenvalue weighted by Crippen LogP contribution is 2.56. The lowest BCUT2D eigenvalue weighted by Crippen LogP contribution is -2.55. The van der Waals surface area contributed by atoms with Crippen LogP contribution in [0.25, 0.3) is 39.0 Å². The maximum Gasteiger partial charge on any atom is 0.240 e. The molecule has 5 unspecified atom stereocenters. The SMILES string of the molecule is CC(C)C(N)C(=O)N1CCCC1c1nc2ccc(-c3ccc(-c4ccc(C5=CNC(C6CCCN6C(=O)C(N)C(C)C)N5)c5c4CCC5)c4c3C3(CCCC3)CC4)cc2[nH]1. The van der Waals surface area contributed by atoms with Gasteiger partial charge in [0, 0.05) is 24.9 Å². The van der Waals surface area contributed by atoms with Crippen molar-refractivity contribution in [2.45, 2.75) is 147 Å². The smallest absolute Gasteiger partial charge is 0.240 e. The Morgan fingerprint density at radius 1 is 0.733 bits per heavy atom. The fourth-order valence-corrected chi connectivity index (χ4v) is 12.1. The molecule has 4 heterocycles. The summed E-state index contributed by atoms with van der Waals surface area (Å²) in [6.07, 6.45) is 16.7. The van der Waals surface area contributed by atoms with Gasteiger partial charge in [-0.3, -0.25) is 9.59 Å². The van der Waals surface area contributed by atoms with E-state index in [1.54, 1.807) is 11.1 Å². The standard InChI is InChI=1S/C50H64N8O2/c1-28(2)44(51)48(59)57-24-8-12-41(57)46-53-27-40(56-46)36-18-17-34(32-10-7-11-33(32)36)35-16-15-31(43-37(35)20-23-50(43)21-5-6-22-50)30-14-19-38-39(26-30)55-47(54-38)42-13-9-25-58(42)49(60)45(52)29(3)4/h14-19,26-29,41-42,44-46,53,56H,5-13,20-25,51-52H2,1-4H3,(H,54,55). The van der Waals surface area contributed by atoms with Gasteiger partial charge >= 0.3 is 0 Å². The monoisotopic (exact) mass is 809 g/mol. The molecule has 10 heteroatoms. The van der Waals surface area contributed by atoms with Crippen molar-refractivity contribution in [3.05, 3.63) is 82.3 Å². The van der Waals surface area contributed by atoms with Gasteiger partial charge in [-0.1, -0.05) is 70.9 Å². The van der Waals surface area contributed by atoms with Crippen LogP contribution in [-0.2, 0) is 34.3 Å². The largest absolute Gasteiger partial charge is 0.368 e. The Kier molecular flexibility index (Phi) is 10.1. The Labute approximate surface area is 355 Å². The van der Waals surface area contributed by atoms with E-state index in [1.807, 2.05) is 37.5 Å². The molecule has 5 atom stereocenters. The van der Waals surface area contributed by atoms with Crippen molar-refractivity contribution in [3.63, 3.8) is 0 Å². The second-order valence-corrected chi connectivity index (χ2v) is 19.6. The lowest BCUT2D eigenvalue weighted by atomic mass is 9.76. The van der Waals surface area contributed by atoms with Crippen LogP contribution in [0.4, 0.5) is 0 Å². The van der Waals surface area contributed by atoms with Crippen LogP contribution in [0.15, 0.2) is 48.7 Å². The normalized spacial score (nSPS) is 24.1. The molecular formula is C50H64N8O2. The van der Waals surface area contributed by atoms with Gasteiger partial charge in [0.05, 0.1) is 40.9 Å². The molecule has 3 aliphatic heterocycles. The van der Waals surface area contributed by atoms with E-state index in [2.05, 4.69) is 64.3 Å². The zero-order valence-electron chi connectivity index (χ0n) is 36.1. The lowest BCUT2D eigenvalue weighted by Gasteiger charge is -2.33. The maximum absolute atomic E-state index is 13.4. The molecule has 0 bridgehead atoms. The summed E-state index contributed by atoms with van der Waals surface area (Å²) < 4.78 is 0. The highest BCUT2D eigenvalue weighted by atomic mass is 16.2. The molecule has 3 aromatic carbocycles. The minimum absolute atomic E-state index is 0.0243. The van der Waals surface area contributed by atoms with Gasteiger partial charge < -0.3 is 36.9 Å². The molecule has 3 aliphatic carbocycles. The predicted octanol–water partition coefficient (Wildman–Crippen LogP) is 7.58. The summed E-state index contributed by atoms with van der Waals surface area (Å²) >= 11 is 0. The second kappa shape index (κ2) is 15.4. The van der Waals surface area contributed by atoms with Crippen LogP contribution in [0, 0.1) is 11.8 Å². The molecule has 7 N–H and O–H groups in total. The number of nitrogens with one attached hydrogen (secondary N) is 3. The Bertz CT molecular complexity index is 2370. The van der Waals surface area contributed by atoms with E-state index in [0.29, 0.717) is 0 Å². The number of aromatic amines is 1. The van der Waals surface area contributed by atoms with Crippen LogP contribution in [-0.4, -0.2) is 69.0 Å². The maximum atomic E-state index is 13.4. The van der Waals surface area contributed by atoms with Crippen molar-refractivity contribution in [2.75, 3.05) is 13.1 Å². The number of imidazole rings is 1. The molecule has 2 amide bonds. The summed E-state index contributed by atoms with van der Waals surface area (Å²) in [5.74, 6) is 1.16. The summed E-state index contributed by atoms with van der Waals surface area (Å²) in [4.78, 5) is 39.4. The van der Waals surface area contributed by atoms with Crippen LogP contribution in [0.5, 0.6) is 0 Å². The van der Waals surface area contributed by atoms with E-state index in [1.165, 1.54) is 71.0 Å². The van der Waals surface area contributed by atoms with Gasteiger partial charge in [0.15, 0.2) is 0 Å². The topological polar surface area (TPSA) is 145 Å². The number of nitrogens with zero attached hydrogens (tertiary/aromatic N) is 3. The molecule has 1 saturated carbocycles. The van der Waals surface area contributed by atoms with Gasteiger partial charge in [0.2, 0.25) is 11.8 Å². The van der Waals surface area contributed by atoms with Gasteiger partial charge in [-0.25, -0.2) is 4.98 Å². The number of nitrogens with two attached hydrogens (primary N) is 2. The number of carbonyl (C=O) groups is 2. The van der Waals surface area contributed by atoms with E-state index in [0.717, 1.165) is 87.0 Å². The van der Waals surface area contributed by atoms with Crippen LogP contribution in [0.2, 0.25) is 0 Å². The molecule has 0 radical (unpaired) electrons. The van der Waals surface area contributed by atoms with Crippen LogP contribution in [0.3, 0.4) is 0 Å². The third-order valence-corrected chi connectivity index (χ3v) is 15.5. The summed E-state index contributed by atoms with van der Waals surface area (Å²) in [6, 6.07) is 15.4. The molecule has 316 valence electrons. The van der Waals surface area contributed by atoms with Gasteiger partial charge in [-0.2, -0.15) is 0 Å². The van der Waals surface area contributed by atoms with Crippen LogP contribution < -0.4 is 22.1 Å². The highest BCUT2D eigenvalue weighted by Gasteiger charge is 2.44. The van der Waals surface area contributed by atoms with Crippen molar-refractivity contribution >= 4 is 28.5 Å². The Hall–Kier alpha value is -4.67. The molecule has 3 fully saturated rings. The number of fused-ring (bicyclic) bond motifs is 4. The number of aromatic nitrogens is 2. The lowest BCUT2D eigenvalue weighted by molar-refractivity contribution is -0.135. The number of amides is 2. The van der Waals surface area contributed by atoms with Gasteiger partial charge in [-0.05, 0) is 145 Å². The number of H-pyrrole nitrogens is 1. The second-order valence-electron chi connectivity index (χ2n) is 19.6. The molecule has 4 aromatic rings. The highest BCUT2D eigenvalue weighted by molar-refractivity contribution is 5.88. The molecule has 6 aliphatic rings. The quantitative estimate of drug-likeness (QED) is 0.117. The zero-order valence-corrected chi connectivity index (χ0v) is 36.1. The molecule has 2 saturated heterocycles. The van der Waals surface area contributed by atoms with Gasteiger partial charge in [0.25, 0.3) is 0 Å². The Morgan fingerprint density at radius 2 is 1.38 bits per heavy atom. The molecule has 1 aromatic heterocycles. The summed E-state index contributed by atoms with van der Waals surface area (Å²) in [6.45, 7) is 9.57. The average Bonchev–Trinajstić information content (AvgIpc) is 4.11. The van der Waals surface area contributed by atoms with E-state index < -0.39 is 12.1 Å². The van der Waals surface area contributed by atoms with E-state index in [4.69, 9.17) is 16.5 Å². The van der Waals surface area contributed by atoms with Crippen molar-refractivity contribution in [3.8, 4) is 22.3 Å². The zero-order chi connectivity index (χ0) is 41.4. The average molecular weight is 809 g/mol. The molecule has 60 heavy (non-hydrogen) atoms. The third-order valence-electron chi connectivity index (χ3n) is 15.5. The molecule has 1 spiro atoms. The first kappa shape index (κ1) is 39.5. The minimum atomic E-state index is -0.498. The first-order valence-electron chi connectivity index (χ1n) is 23.2. The number of benzene rings is 3. The predicted molar refractivity (Wildman–Crippen MR) is 240 cm³/mol. The van der Waals surface area contributed by atoms with E-state index in [9.17, 15) is 9.59 Å². The fraction of sp³-hybridized carbons (Fsp3) is 0.540. The van der Waals surface area contributed by atoms with Crippen molar-refractivity contribution in [1.82, 2.24) is 30.4 Å². The number of rotatable bonds is 9. The van der Waals surface area contributed by atoms with Gasteiger partial charge in [-0.15, -0.1) is 0 Å².